The summed E-state index contributed by atoms with van der Waals surface area (Å²) in [7, 11) is 0. The minimum absolute atomic E-state index is 0.0450. The molecular formula is C19H25NO5. The van der Waals surface area contributed by atoms with Crippen molar-refractivity contribution >= 4 is 5.91 Å². The van der Waals surface area contributed by atoms with E-state index in [1.165, 1.54) is 0 Å². The first-order chi connectivity index (χ1) is 12.1. The maximum absolute atomic E-state index is 13.1. The summed E-state index contributed by atoms with van der Waals surface area (Å²) >= 11 is 0. The van der Waals surface area contributed by atoms with Crippen molar-refractivity contribution in [2.75, 3.05) is 19.8 Å². The third kappa shape index (κ3) is 2.91. The molecule has 6 heteroatoms. The largest absolute Gasteiger partial charge is 0.427 e. The standard InChI is InChI=1S/C19H25NO5/c1-11-7-15(13-3-2-4-13)25-19(23)17(11)18(22)20-5-6-24-16-9-12(10-21)8-14(16)20/h7,12-14,16,21H,2-6,8-10H2,1H3/t12-,14+,16+/m1/s1. The molecule has 136 valence electrons. The highest BCUT2D eigenvalue weighted by molar-refractivity contribution is 5.95. The number of morpholine rings is 1. The Labute approximate surface area is 146 Å². The smallest absolute Gasteiger partial charge is 0.349 e. The summed E-state index contributed by atoms with van der Waals surface area (Å²) in [4.78, 5) is 27.4. The molecule has 2 aliphatic carbocycles. The second-order valence-corrected chi connectivity index (χ2v) is 7.62. The van der Waals surface area contributed by atoms with Gasteiger partial charge in [-0.15, -0.1) is 0 Å². The van der Waals surface area contributed by atoms with Crippen molar-refractivity contribution < 1.29 is 19.1 Å². The van der Waals surface area contributed by atoms with Gasteiger partial charge in [0.1, 0.15) is 11.3 Å². The normalized spacial score (nSPS) is 29.4. The summed E-state index contributed by atoms with van der Waals surface area (Å²) in [6.07, 6.45) is 4.70. The molecule has 1 aliphatic heterocycles. The van der Waals surface area contributed by atoms with Crippen LogP contribution in [0.4, 0.5) is 0 Å². The van der Waals surface area contributed by atoms with Gasteiger partial charge in [-0.05, 0) is 50.2 Å². The van der Waals surface area contributed by atoms with Gasteiger partial charge in [-0.3, -0.25) is 4.79 Å². The van der Waals surface area contributed by atoms with E-state index in [1.54, 1.807) is 4.90 Å². The summed E-state index contributed by atoms with van der Waals surface area (Å²) in [6.45, 7) is 2.86. The van der Waals surface area contributed by atoms with Gasteiger partial charge in [0.25, 0.3) is 5.91 Å². The Balaban J connectivity index is 1.61. The van der Waals surface area contributed by atoms with Crippen LogP contribution in [-0.2, 0) is 4.74 Å². The van der Waals surface area contributed by atoms with Crippen LogP contribution in [-0.4, -0.2) is 47.8 Å². The fourth-order valence-electron chi connectivity index (χ4n) is 4.38. The Morgan fingerprint density at radius 1 is 1.36 bits per heavy atom. The number of nitrogens with zero attached hydrogens (tertiary/aromatic N) is 1. The van der Waals surface area contributed by atoms with Gasteiger partial charge in [0.2, 0.25) is 0 Å². The Bertz CT molecular complexity index is 723. The maximum Gasteiger partial charge on any atom is 0.349 e. The van der Waals surface area contributed by atoms with Gasteiger partial charge >= 0.3 is 5.63 Å². The third-order valence-electron chi connectivity index (χ3n) is 6.04. The fraction of sp³-hybridized carbons (Fsp3) is 0.684. The average molecular weight is 347 g/mol. The first-order valence-electron chi connectivity index (χ1n) is 9.26. The van der Waals surface area contributed by atoms with Crippen LogP contribution in [0.3, 0.4) is 0 Å². The number of ether oxygens (including phenoxy) is 1. The lowest BCUT2D eigenvalue weighted by molar-refractivity contribution is -0.0450. The van der Waals surface area contributed by atoms with Crippen LogP contribution in [0.2, 0.25) is 0 Å². The highest BCUT2D eigenvalue weighted by atomic mass is 16.5. The van der Waals surface area contributed by atoms with Crippen molar-refractivity contribution in [3.8, 4) is 0 Å². The van der Waals surface area contributed by atoms with Crippen molar-refractivity contribution in [2.24, 2.45) is 5.92 Å². The first kappa shape index (κ1) is 16.8. The lowest BCUT2D eigenvalue weighted by Crippen LogP contribution is -2.52. The zero-order valence-corrected chi connectivity index (χ0v) is 14.6. The summed E-state index contributed by atoms with van der Waals surface area (Å²) in [6, 6.07) is 1.80. The molecule has 0 aromatic carbocycles. The van der Waals surface area contributed by atoms with E-state index in [9.17, 15) is 14.7 Å². The summed E-state index contributed by atoms with van der Waals surface area (Å²) < 4.78 is 11.3. The van der Waals surface area contributed by atoms with E-state index >= 15 is 0 Å². The second kappa shape index (κ2) is 6.57. The maximum atomic E-state index is 13.1. The average Bonchev–Trinajstić information content (AvgIpc) is 2.95. The van der Waals surface area contributed by atoms with Gasteiger partial charge in [0.15, 0.2) is 0 Å². The molecular weight excluding hydrogens is 322 g/mol. The fourth-order valence-corrected chi connectivity index (χ4v) is 4.38. The highest BCUT2D eigenvalue weighted by Gasteiger charge is 2.43. The Morgan fingerprint density at radius 2 is 2.16 bits per heavy atom. The molecule has 0 unspecified atom stereocenters. The topological polar surface area (TPSA) is 80.0 Å². The number of aliphatic hydroxyl groups is 1. The molecule has 1 saturated heterocycles. The predicted octanol–water partition coefficient (Wildman–Crippen LogP) is 1.83. The monoisotopic (exact) mass is 347 g/mol. The summed E-state index contributed by atoms with van der Waals surface area (Å²) in [5.74, 6) is 0.931. The quantitative estimate of drug-likeness (QED) is 0.902. The molecule has 0 radical (unpaired) electrons. The molecule has 3 atom stereocenters. The van der Waals surface area contributed by atoms with Gasteiger partial charge in [-0.1, -0.05) is 6.42 Å². The number of aryl methyl sites for hydroxylation is 1. The van der Waals surface area contributed by atoms with Crippen molar-refractivity contribution in [1.82, 2.24) is 4.90 Å². The Kier molecular flexibility index (Phi) is 4.41. The minimum atomic E-state index is -0.522. The zero-order valence-electron chi connectivity index (χ0n) is 14.6. The van der Waals surface area contributed by atoms with E-state index in [0.29, 0.717) is 30.4 Å². The van der Waals surface area contributed by atoms with E-state index in [4.69, 9.17) is 9.15 Å². The molecule has 0 spiro atoms. The second-order valence-electron chi connectivity index (χ2n) is 7.62. The van der Waals surface area contributed by atoms with E-state index in [0.717, 1.165) is 32.1 Å². The molecule has 2 heterocycles. The van der Waals surface area contributed by atoms with Crippen molar-refractivity contribution in [1.29, 1.82) is 0 Å². The molecule has 4 rings (SSSR count). The predicted molar refractivity (Wildman–Crippen MR) is 90.7 cm³/mol. The lowest BCUT2D eigenvalue weighted by Gasteiger charge is -2.37. The number of fused-ring (bicyclic) bond motifs is 1. The van der Waals surface area contributed by atoms with Gasteiger partial charge < -0.3 is 19.2 Å². The molecule has 2 saturated carbocycles. The number of aliphatic hydroxyl groups excluding tert-OH is 1. The van der Waals surface area contributed by atoms with Crippen LogP contribution in [0.1, 0.15) is 59.7 Å². The molecule has 3 fully saturated rings. The van der Waals surface area contributed by atoms with Crippen molar-refractivity contribution in [3.05, 3.63) is 33.4 Å². The van der Waals surface area contributed by atoms with Crippen molar-refractivity contribution in [3.63, 3.8) is 0 Å². The number of carbonyl (C=O) groups excluding carboxylic acids is 1. The number of hydrogen-bond acceptors (Lipinski definition) is 5. The van der Waals surface area contributed by atoms with E-state index in [2.05, 4.69) is 0 Å². The van der Waals surface area contributed by atoms with Gasteiger partial charge in [-0.25, -0.2) is 4.79 Å². The molecule has 25 heavy (non-hydrogen) atoms. The molecule has 3 aliphatic rings. The Morgan fingerprint density at radius 3 is 2.80 bits per heavy atom. The summed E-state index contributed by atoms with van der Waals surface area (Å²) in [5, 5.41) is 9.43. The molecule has 0 bridgehead atoms. The Hall–Kier alpha value is -1.66. The van der Waals surface area contributed by atoms with Gasteiger partial charge in [0, 0.05) is 19.1 Å². The zero-order chi connectivity index (χ0) is 17.6. The molecule has 1 N–H and O–H groups in total. The number of carbonyl (C=O) groups is 1. The van der Waals surface area contributed by atoms with E-state index in [1.807, 2.05) is 13.0 Å². The number of rotatable bonds is 3. The van der Waals surface area contributed by atoms with Crippen molar-refractivity contribution in [2.45, 2.75) is 57.1 Å². The van der Waals surface area contributed by atoms with E-state index < -0.39 is 5.63 Å². The van der Waals surface area contributed by atoms with E-state index in [-0.39, 0.29) is 36.1 Å². The SMILES string of the molecule is Cc1cc(C2CCC2)oc(=O)c1C(=O)N1CCO[C@H]2C[C@H](CO)C[C@@H]21. The van der Waals surface area contributed by atoms with Gasteiger partial charge in [-0.2, -0.15) is 0 Å². The third-order valence-corrected chi connectivity index (χ3v) is 6.04. The summed E-state index contributed by atoms with van der Waals surface area (Å²) in [5.41, 5.74) is 0.325. The molecule has 1 aromatic rings. The lowest BCUT2D eigenvalue weighted by atomic mass is 9.83. The van der Waals surface area contributed by atoms with Crippen LogP contribution < -0.4 is 5.63 Å². The van der Waals surface area contributed by atoms with Crippen LogP contribution in [0.25, 0.3) is 0 Å². The first-order valence-corrected chi connectivity index (χ1v) is 9.26. The van der Waals surface area contributed by atoms with Crippen LogP contribution in [0.15, 0.2) is 15.3 Å². The molecule has 1 amide bonds. The number of hydrogen-bond donors (Lipinski definition) is 1. The van der Waals surface area contributed by atoms with Crippen LogP contribution in [0.5, 0.6) is 0 Å². The minimum Gasteiger partial charge on any atom is -0.427 e. The number of amides is 1. The van der Waals surface area contributed by atoms with Crippen LogP contribution >= 0.6 is 0 Å². The van der Waals surface area contributed by atoms with Gasteiger partial charge in [0.05, 0.1) is 18.8 Å². The molecule has 1 aromatic heterocycles. The molecule has 6 nitrogen and oxygen atoms in total. The van der Waals surface area contributed by atoms with Crippen LogP contribution in [0, 0.1) is 12.8 Å². The highest BCUT2D eigenvalue weighted by Crippen LogP contribution is 2.37.